The highest BCUT2D eigenvalue weighted by Crippen LogP contribution is 2.37. The number of hydrogen-bond donors (Lipinski definition) is 0. The third-order valence-corrected chi connectivity index (χ3v) is 5.80. The number of ether oxygens (including phenoxy) is 2. The smallest absolute Gasteiger partial charge is 0.429 e. The second-order valence-corrected chi connectivity index (χ2v) is 8.61. The van der Waals surface area contributed by atoms with E-state index in [1.54, 1.807) is 12.1 Å². The van der Waals surface area contributed by atoms with E-state index >= 15 is 0 Å². The van der Waals surface area contributed by atoms with Gasteiger partial charge in [-0.1, -0.05) is 37.6 Å². The van der Waals surface area contributed by atoms with Crippen LogP contribution in [0.4, 0.5) is 35.1 Å². The van der Waals surface area contributed by atoms with Crippen molar-refractivity contribution in [1.29, 1.82) is 0 Å². The maximum Gasteiger partial charge on any atom is 0.429 e. The van der Waals surface area contributed by atoms with Gasteiger partial charge in [-0.15, -0.1) is 0 Å². The fourth-order valence-corrected chi connectivity index (χ4v) is 3.83. The van der Waals surface area contributed by atoms with E-state index in [2.05, 4.69) is 4.74 Å². The zero-order valence-corrected chi connectivity index (χ0v) is 20.3. The van der Waals surface area contributed by atoms with Crippen LogP contribution in [-0.2, 0) is 19.1 Å². The molecule has 4 aromatic carbocycles. The topological polar surface area (TPSA) is 18.5 Å². The molecular formula is C29H20F8O2. The van der Waals surface area contributed by atoms with Gasteiger partial charge in [0.2, 0.25) is 5.82 Å². The Kier molecular flexibility index (Phi) is 8.13. The van der Waals surface area contributed by atoms with E-state index in [1.807, 2.05) is 19.1 Å². The van der Waals surface area contributed by atoms with Crippen LogP contribution < -0.4 is 9.47 Å². The normalized spacial score (nSPS) is 11.5. The van der Waals surface area contributed by atoms with Crippen LogP contribution >= 0.6 is 0 Å². The lowest BCUT2D eigenvalue weighted by atomic mass is 10.0. The van der Waals surface area contributed by atoms with E-state index in [0.29, 0.717) is 29.8 Å². The van der Waals surface area contributed by atoms with Gasteiger partial charge in [0.1, 0.15) is 23.7 Å². The van der Waals surface area contributed by atoms with Gasteiger partial charge in [0.15, 0.2) is 29.0 Å². The molecule has 0 radical (unpaired) electrons. The molecular weight excluding hydrogens is 532 g/mol. The van der Waals surface area contributed by atoms with Gasteiger partial charge in [0.05, 0.1) is 0 Å². The van der Waals surface area contributed by atoms with Gasteiger partial charge < -0.3 is 9.47 Å². The number of halogens is 8. The first-order valence-corrected chi connectivity index (χ1v) is 11.7. The molecule has 0 fully saturated rings. The quantitative estimate of drug-likeness (QED) is 0.153. The van der Waals surface area contributed by atoms with Crippen LogP contribution in [0.5, 0.6) is 11.5 Å². The maximum atomic E-state index is 14.7. The molecule has 4 aromatic rings. The van der Waals surface area contributed by atoms with Crippen molar-refractivity contribution in [1.82, 2.24) is 0 Å². The summed E-state index contributed by atoms with van der Waals surface area (Å²) in [5, 5.41) is 0. The first-order valence-electron chi connectivity index (χ1n) is 11.7. The van der Waals surface area contributed by atoms with E-state index < -0.39 is 69.2 Å². The van der Waals surface area contributed by atoms with Crippen LogP contribution in [0.15, 0.2) is 66.7 Å². The molecule has 204 valence electrons. The van der Waals surface area contributed by atoms with Crippen molar-refractivity contribution in [3.8, 4) is 22.6 Å². The van der Waals surface area contributed by atoms with E-state index in [9.17, 15) is 35.1 Å². The minimum atomic E-state index is -4.44. The minimum absolute atomic E-state index is 0.136. The third-order valence-electron chi connectivity index (χ3n) is 5.80. The summed E-state index contributed by atoms with van der Waals surface area (Å²) in [4.78, 5) is 0. The van der Waals surface area contributed by atoms with Gasteiger partial charge >= 0.3 is 6.11 Å². The highest BCUT2D eigenvalue weighted by atomic mass is 19.3. The molecule has 0 N–H and O–H groups in total. The van der Waals surface area contributed by atoms with Gasteiger partial charge in [0, 0.05) is 11.6 Å². The molecule has 0 aromatic heterocycles. The molecule has 0 bridgehead atoms. The van der Waals surface area contributed by atoms with Crippen molar-refractivity contribution in [3.05, 3.63) is 118 Å². The van der Waals surface area contributed by atoms with Gasteiger partial charge in [0.25, 0.3) is 0 Å². The zero-order chi connectivity index (χ0) is 28.3. The molecule has 2 nitrogen and oxygen atoms in total. The molecule has 0 saturated carbocycles. The lowest BCUT2D eigenvalue weighted by Crippen LogP contribution is -2.24. The van der Waals surface area contributed by atoms with E-state index in [1.165, 1.54) is 0 Å². The van der Waals surface area contributed by atoms with Gasteiger partial charge in [-0.25, -0.2) is 22.0 Å². The standard InChI is InChI=1S/C29H20F8O2/c1-2-3-16-4-6-17(7-5-16)15-38-25-11-10-21(26(33)28(25)35)29(36,37)39-19-8-9-20(22(30)14-19)18-12-23(31)27(34)24(32)13-18/h4-14H,2-3,15H2,1H3. The van der Waals surface area contributed by atoms with Gasteiger partial charge in [-0.2, -0.15) is 13.2 Å². The summed E-state index contributed by atoms with van der Waals surface area (Å²) in [7, 11) is 0. The fraction of sp³-hybridized carbons (Fsp3) is 0.172. The van der Waals surface area contributed by atoms with Crippen LogP contribution in [0.3, 0.4) is 0 Å². The third kappa shape index (κ3) is 6.16. The molecule has 0 saturated heterocycles. The number of aryl methyl sites for hydroxylation is 1. The van der Waals surface area contributed by atoms with Crippen LogP contribution in [0, 0.1) is 34.9 Å². The Bertz CT molecular complexity index is 1460. The van der Waals surface area contributed by atoms with Crippen LogP contribution in [0.1, 0.15) is 30.0 Å². The average molecular weight is 552 g/mol. The molecule has 39 heavy (non-hydrogen) atoms. The summed E-state index contributed by atoms with van der Waals surface area (Å²) in [6.45, 7) is 1.89. The average Bonchev–Trinajstić information content (AvgIpc) is 2.88. The largest absolute Gasteiger partial charge is 0.486 e. The summed E-state index contributed by atoms with van der Waals surface area (Å²) < 4.78 is 123. The molecule has 0 aliphatic heterocycles. The molecule has 0 aliphatic rings. The highest BCUT2D eigenvalue weighted by Gasteiger charge is 2.39. The number of rotatable bonds is 9. The second-order valence-electron chi connectivity index (χ2n) is 8.61. The zero-order valence-electron chi connectivity index (χ0n) is 20.3. The molecule has 0 amide bonds. The van der Waals surface area contributed by atoms with Crippen LogP contribution in [0.2, 0.25) is 0 Å². The molecule has 0 aliphatic carbocycles. The Balaban J connectivity index is 1.50. The van der Waals surface area contributed by atoms with E-state index in [4.69, 9.17) is 4.74 Å². The lowest BCUT2D eigenvalue weighted by Gasteiger charge is -2.20. The molecule has 0 heterocycles. The number of benzene rings is 4. The maximum absolute atomic E-state index is 14.7. The monoisotopic (exact) mass is 552 g/mol. The van der Waals surface area contributed by atoms with E-state index in [-0.39, 0.29) is 6.61 Å². The fourth-order valence-electron chi connectivity index (χ4n) is 3.83. The summed E-state index contributed by atoms with van der Waals surface area (Å²) in [5.74, 6) is -11.1. The van der Waals surface area contributed by atoms with Crippen molar-refractivity contribution >= 4 is 0 Å². The Morgan fingerprint density at radius 3 is 1.92 bits per heavy atom. The Hall–Kier alpha value is -4.08. The lowest BCUT2D eigenvalue weighted by molar-refractivity contribution is -0.187. The first kappa shape index (κ1) is 27.9. The summed E-state index contributed by atoms with van der Waals surface area (Å²) in [5.41, 5.74) is -0.560. The summed E-state index contributed by atoms with van der Waals surface area (Å²) in [6.07, 6.45) is -2.61. The van der Waals surface area contributed by atoms with Crippen molar-refractivity contribution in [2.75, 3.05) is 0 Å². The molecule has 10 heteroatoms. The van der Waals surface area contributed by atoms with Crippen molar-refractivity contribution in [2.45, 2.75) is 32.5 Å². The van der Waals surface area contributed by atoms with Gasteiger partial charge in [-0.05, 0) is 59.5 Å². The Morgan fingerprint density at radius 1 is 0.667 bits per heavy atom. The van der Waals surface area contributed by atoms with Crippen molar-refractivity contribution < 1.29 is 44.6 Å². The molecule has 0 unspecified atom stereocenters. The molecule has 4 rings (SSSR count). The predicted octanol–water partition coefficient (Wildman–Crippen LogP) is 8.85. The first-order chi connectivity index (χ1) is 18.5. The number of hydrogen-bond acceptors (Lipinski definition) is 2. The number of alkyl halides is 2. The van der Waals surface area contributed by atoms with Crippen molar-refractivity contribution in [3.63, 3.8) is 0 Å². The van der Waals surface area contributed by atoms with Crippen molar-refractivity contribution in [2.24, 2.45) is 0 Å². The van der Waals surface area contributed by atoms with E-state index in [0.717, 1.165) is 36.6 Å². The second kappa shape index (κ2) is 11.3. The Morgan fingerprint density at radius 2 is 1.31 bits per heavy atom. The minimum Gasteiger partial charge on any atom is -0.486 e. The molecule has 0 spiro atoms. The highest BCUT2D eigenvalue weighted by molar-refractivity contribution is 5.65. The SMILES string of the molecule is CCCc1ccc(COc2ccc(C(F)(F)Oc3ccc(-c4cc(F)c(F)c(F)c4)c(F)c3)c(F)c2F)cc1. The predicted molar refractivity (Wildman–Crippen MR) is 127 cm³/mol. The van der Waals surface area contributed by atoms with Crippen LogP contribution in [-0.4, -0.2) is 0 Å². The summed E-state index contributed by atoms with van der Waals surface area (Å²) in [6, 6.07) is 11.8. The summed E-state index contributed by atoms with van der Waals surface area (Å²) >= 11 is 0. The van der Waals surface area contributed by atoms with Crippen LogP contribution in [0.25, 0.3) is 11.1 Å². The Labute approximate surface area is 218 Å². The molecule has 0 atom stereocenters. The van der Waals surface area contributed by atoms with Gasteiger partial charge in [-0.3, -0.25) is 0 Å².